The molecule has 184 valence electrons. The number of benzene rings is 1. The number of fused-ring (bicyclic) bond motifs is 2. The Morgan fingerprint density at radius 1 is 1.11 bits per heavy atom. The average molecular weight is 487 g/mol. The molecule has 1 atom stereocenters. The van der Waals surface area contributed by atoms with Gasteiger partial charge >= 0.3 is 5.69 Å². The molecule has 0 saturated carbocycles. The van der Waals surface area contributed by atoms with E-state index in [1.165, 1.54) is 4.57 Å². The summed E-state index contributed by atoms with van der Waals surface area (Å²) in [5, 5.41) is 0.913. The minimum atomic E-state index is -0.641. The Balaban J connectivity index is 1.68. The Hall–Kier alpha value is -4.30. The molecule has 0 aliphatic carbocycles. The summed E-state index contributed by atoms with van der Waals surface area (Å²) in [5.41, 5.74) is 6.98. The maximum absolute atomic E-state index is 13.7. The van der Waals surface area contributed by atoms with E-state index in [1.54, 1.807) is 18.5 Å². The lowest BCUT2D eigenvalue weighted by Crippen LogP contribution is -2.49. The summed E-state index contributed by atoms with van der Waals surface area (Å²) < 4.78 is 4.16. The molecule has 4 aromatic rings. The van der Waals surface area contributed by atoms with Gasteiger partial charge in [0, 0.05) is 37.6 Å². The standard InChI is InChI=1S/C25H26N8O3/c1-4-5-11-32-21-22(29-24(32)31-12-10-19(34)17(26)13-31)30(3)25(36)33(23(21)35)14-20-27-15(2)16-8-6-7-9-18(16)28-20/h6-9,17H,10-14,26H2,1-3H3/t17-/m0/s1. The smallest absolute Gasteiger partial charge is 0.332 e. The number of piperidine rings is 1. The van der Waals surface area contributed by atoms with Crippen molar-refractivity contribution in [2.75, 3.05) is 18.0 Å². The molecule has 0 radical (unpaired) electrons. The normalized spacial score (nSPS) is 15.9. The van der Waals surface area contributed by atoms with Gasteiger partial charge in [0.25, 0.3) is 5.56 Å². The first-order chi connectivity index (χ1) is 17.3. The summed E-state index contributed by atoms with van der Waals surface area (Å²) in [7, 11) is 1.57. The van der Waals surface area contributed by atoms with Crippen LogP contribution < -0.4 is 21.9 Å². The number of anilines is 1. The largest absolute Gasteiger partial charge is 0.340 e. The second-order valence-corrected chi connectivity index (χ2v) is 8.84. The summed E-state index contributed by atoms with van der Waals surface area (Å²) in [5.74, 6) is 6.65. The van der Waals surface area contributed by atoms with Gasteiger partial charge in [-0.15, -0.1) is 5.92 Å². The maximum Gasteiger partial charge on any atom is 0.332 e. The minimum Gasteiger partial charge on any atom is -0.340 e. The number of hydrogen-bond acceptors (Lipinski definition) is 8. The lowest BCUT2D eigenvalue weighted by molar-refractivity contribution is -0.120. The second kappa shape index (κ2) is 9.05. The minimum absolute atomic E-state index is 0.0114. The van der Waals surface area contributed by atoms with Gasteiger partial charge in [-0.25, -0.2) is 14.8 Å². The topological polar surface area (TPSA) is 134 Å². The van der Waals surface area contributed by atoms with Crippen molar-refractivity contribution in [1.29, 1.82) is 0 Å². The molecule has 2 N–H and O–H groups in total. The molecule has 1 fully saturated rings. The van der Waals surface area contributed by atoms with Gasteiger partial charge in [0.05, 0.1) is 24.6 Å². The fourth-order valence-electron chi connectivity index (χ4n) is 4.60. The zero-order chi connectivity index (χ0) is 25.6. The van der Waals surface area contributed by atoms with Gasteiger partial charge in [0.15, 0.2) is 16.9 Å². The van der Waals surface area contributed by atoms with Gasteiger partial charge in [0.1, 0.15) is 5.82 Å². The molecule has 1 aliphatic rings. The number of para-hydroxylation sites is 1. The maximum atomic E-state index is 13.7. The van der Waals surface area contributed by atoms with E-state index in [4.69, 9.17) is 5.73 Å². The fourth-order valence-corrected chi connectivity index (χ4v) is 4.60. The van der Waals surface area contributed by atoms with E-state index in [0.717, 1.165) is 21.2 Å². The Morgan fingerprint density at radius 2 is 1.89 bits per heavy atom. The molecule has 1 aliphatic heterocycles. The number of rotatable bonds is 4. The van der Waals surface area contributed by atoms with Crippen molar-refractivity contribution < 1.29 is 4.79 Å². The van der Waals surface area contributed by atoms with E-state index in [-0.39, 0.29) is 43.0 Å². The van der Waals surface area contributed by atoms with E-state index in [2.05, 4.69) is 26.8 Å². The van der Waals surface area contributed by atoms with Crippen molar-refractivity contribution in [2.24, 2.45) is 12.8 Å². The van der Waals surface area contributed by atoms with Crippen molar-refractivity contribution in [1.82, 2.24) is 28.7 Å². The molecule has 5 rings (SSSR count). The Kier molecular flexibility index (Phi) is 5.89. The molecule has 11 nitrogen and oxygen atoms in total. The van der Waals surface area contributed by atoms with Gasteiger partial charge in [0.2, 0.25) is 5.95 Å². The third kappa shape index (κ3) is 3.85. The molecule has 0 spiro atoms. The summed E-state index contributed by atoms with van der Waals surface area (Å²) in [6.07, 6.45) is 0.283. The van der Waals surface area contributed by atoms with Crippen LogP contribution in [0.2, 0.25) is 0 Å². The highest BCUT2D eigenvalue weighted by molar-refractivity contribution is 5.86. The molecule has 36 heavy (non-hydrogen) atoms. The van der Waals surface area contributed by atoms with Crippen molar-refractivity contribution in [3.8, 4) is 11.8 Å². The molecule has 0 bridgehead atoms. The molecule has 11 heteroatoms. The van der Waals surface area contributed by atoms with Crippen LogP contribution in [0.15, 0.2) is 33.9 Å². The summed E-state index contributed by atoms with van der Waals surface area (Å²) in [6.45, 7) is 4.38. The first-order valence-corrected chi connectivity index (χ1v) is 11.6. The summed E-state index contributed by atoms with van der Waals surface area (Å²) in [4.78, 5) is 54.6. The SMILES string of the molecule is CC#CCn1c(N2CCC(=O)[C@@H](N)C2)nc2c1c(=O)n(Cc1nc(C)c3ccccc3n1)c(=O)n2C. The highest BCUT2D eigenvalue weighted by atomic mass is 16.2. The average Bonchev–Trinajstić information content (AvgIpc) is 3.25. The van der Waals surface area contributed by atoms with Crippen LogP contribution in [0.4, 0.5) is 5.95 Å². The molecule has 0 amide bonds. The Labute approximate surface area is 206 Å². The van der Waals surface area contributed by atoms with E-state index in [0.29, 0.717) is 18.3 Å². The van der Waals surface area contributed by atoms with E-state index in [9.17, 15) is 14.4 Å². The predicted molar refractivity (Wildman–Crippen MR) is 136 cm³/mol. The van der Waals surface area contributed by atoms with Gasteiger partial charge in [-0.3, -0.25) is 23.3 Å². The van der Waals surface area contributed by atoms with Crippen molar-refractivity contribution in [3.05, 3.63) is 56.6 Å². The zero-order valence-corrected chi connectivity index (χ0v) is 20.4. The van der Waals surface area contributed by atoms with Crippen molar-refractivity contribution >= 4 is 33.8 Å². The molecule has 0 unspecified atom stereocenters. The highest BCUT2D eigenvalue weighted by Crippen LogP contribution is 2.22. The first kappa shape index (κ1) is 23.4. The number of ketones is 1. The number of Topliss-reactive ketones (excluding diaryl/α,β-unsaturated/α-hetero) is 1. The number of nitrogens with zero attached hydrogens (tertiary/aromatic N) is 7. The molecular formula is C25H26N8O3. The van der Waals surface area contributed by atoms with Crippen molar-refractivity contribution in [3.63, 3.8) is 0 Å². The van der Waals surface area contributed by atoms with Crippen LogP contribution in [0, 0.1) is 18.8 Å². The van der Waals surface area contributed by atoms with Gasteiger partial charge in [-0.2, -0.15) is 4.98 Å². The number of aryl methyl sites for hydroxylation is 2. The lowest BCUT2D eigenvalue weighted by atomic mass is 10.1. The molecule has 1 aromatic carbocycles. The van der Waals surface area contributed by atoms with E-state index < -0.39 is 17.3 Å². The van der Waals surface area contributed by atoms with Crippen LogP contribution in [-0.2, 0) is 24.9 Å². The Bertz CT molecular complexity index is 1700. The van der Waals surface area contributed by atoms with Gasteiger partial charge in [-0.1, -0.05) is 24.1 Å². The third-order valence-corrected chi connectivity index (χ3v) is 6.51. The monoisotopic (exact) mass is 486 g/mol. The molecule has 1 saturated heterocycles. The second-order valence-electron chi connectivity index (χ2n) is 8.84. The highest BCUT2D eigenvalue weighted by Gasteiger charge is 2.29. The molecule has 3 aromatic heterocycles. The number of aromatic nitrogens is 6. The number of carbonyl (C=O) groups is 1. The van der Waals surface area contributed by atoms with Crippen LogP contribution in [0.5, 0.6) is 0 Å². The predicted octanol–water partition coefficient (Wildman–Crippen LogP) is 0.326. The van der Waals surface area contributed by atoms with Crippen LogP contribution in [0.25, 0.3) is 22.1 Å². The quantitative estimate of drug-likeness (QED) is 0.408. The van der Waals surface area contributed by atoms with Crippen LogP contribution in [0.1, 0.15) is 24.9 Å². The molecule has 4 heterocycles. The van der Waals surface area contributed by atoms with Gasteiger partial charge in [-0.05, 0) is 19.9 Å². The summed E-state index contributed by atoms with van der Waals surface area (Å²) >= 11 is 0. The number of carbonyl (C=O) groups excluding carboxylic acids is 1. The zero-order valence-electron chi connectivity index (χ0n) is 20.4. The van der Waals surface area contributed by atoms with E-state index in [1.807, 2.05) is 36.1 Å². The van der Waals surface area contributed by atoms with Gasteiger partial charge < -0.3 is 10.6 Å². The number of nitrogens with two attached hydrogens (primary N) is 1. The molecular weight excluding hydrogens is 460 g/mol. The van der Waals surface area contributed by atoms with Crippen LogP contribution >= 0.6 is 0 Å². The first-order valence-electron chi connectivity index (χ1n) is 11.6. The lowest BCUT2D eigenvalue weighted by Gasteiger charge is -2.30. The van der Waals surface area contributed by atoms with Crippen molar-refractivity contribution in [2.45, 2.75) is 39.4 Å². The van der Waals surface area contributed by atoms with E-state index >= 15 is 0 Å². The fraction of sp³-hybridized carbons (Fsp3) is 0.360. The number of hydrogen-bond donors (Lipinski definition) is 1. The Morgan fingerprint density at radius 3 is 2.64 bits per heavy atom. The van der Waals surface area contributed by atoms with Crippen LogP contribution in [0.3, 0.4) is 0 Å². The third-order valence-electron chi connectivity index (χ3n) is 6.51. The van der Waals surface area contributed by atoms with Crippen LogP contribution in [-0.4, -0.2) is 53.6 Å². The number of imidazole rings is 1. The summed E-state index contributed by atoms with van der Waals surface area (Å²) in [6, 6.07) is 6.95.